The summed E-state index contributed by atoms with van der Waals surface area (Å²) in [5.41, 5.74) is 1.63. The molecule has 4 rings (SSSR count). The molecule has 0 unspecified atom stereocenters. The number of amides is 2. The molecule has 2 N–H and O–H groups in total. The predicted molar refractivity (Wildman–Crippen MR) is 114 cm³/mol. The zero-order valence-electron chi connectivity index (χ0n) is 17.2. The largest absolute Gasteiger partial charge is 0.463 e. The first-order valence-corrected chi connectivity index (χ1v) is 9.69. The molecule has 0 fully saturated rings. The van der Waals surface area contributed by atoms with Crippen LogP contribution in [0.15, 0.2) is 53.1 Å². The van der Waals surface area contributed by atoms with Crippen molar-refractivity contribution in [2.24, 2.45) is 0 Å². The molecule has 0 spiro atoms. The number of furan rings is 1. The summed E-state index contributed by atoms with van der Waals surface area (Å²) in [6, 6.07) is 11.1. The first kappa shape index (κ1) is 21.2. The lowest BCUT2D eigenvalue weighted by Gasteiger charge is -2.09. The van der Waals surface area contributed by atoms with E-state index in [1.54, 1.807) is 43.3 Å². The summed E-state index contributed by atoms with van der Waals surface area (Å²) in [5.74, 6) is -0.277. The molecule has 4 aromatic rings. The Labute approximate surface area is 181 Å². The number of nitrogens with zero attached hydrogens (tertiary/aromatic N) is 3. The number of anilines is 2. The van der Waals surface area contributed by atoms with Gasteiger partial charge in [0.15, 0.2) is 11.4 Å². The Hall–Kier alpha value is -4.08. The SMILES string of the molecule is CC(=O)Nc1ccc(NC(=O)Cn2nc(C)c3c(C(F)F)cc(-c4ccco4)nc32)cc1. The number of halogens is 2. The monoisotopic (exact) mass is 439 g/mol. The number of alkyl halides is 2. The van der Waals surface area contributed by atoms with Crippen LogP contribution in [0, 0.1) is 6.92 Å². The molecular formula is C22H19F2N5O3. The van der Waals surface area contributed by atoms with E-state index in [0.717, 1.165) is 0 Å². The quantitative estimate of drug-likeness (QED) is 0.459. The lowest BCUT2D eigenvalue weighted by atomic mass is 10.1. The van der Waals surface area contributed by atoms with E-state index in [9.17, 15) is 18.4 Å². The summed E-state index contributed by atoms with van der Waals surface area (Å²) in [7, 11) is 0. The molecule has 0 saturated heterocycles. The maximum atomic E-state index is 13.8. The molecule has 32 heavy (non-hydrogen) atoms. The standard InChI is InChI=1S/C22H19F2N5O3/c1-12-20-16(21(23)24)10-17(18-4-3-9-32-18)27-22(20)29(28-12)11-19(31)26-15-7-5-14(6-8-15)25-13(2)30/h3-10,21H,11H2,1-2H3,(H,25,30)(H,26,31). The van der Waals surface area contributed by atoms with Gasteiger partial charge in [-0.1, -0.05) is 0 Å². The Morgan fingerprint density at radius 2 is 1.81 bits per heavy atom. The van der Waals surface area contributed by atoms with Crippen molar-refractivity contribution in [1.82, 2.24) is 14.8 Å². The van der Waals surface area contributed by atoms with E-state index in [4.69, 9.17) is 4.42 Å². The molecule has 10 heteroatoms. The number of aromatic nitrogens is 3. The van der Waals surface area contributed by atoms with Crippen LogP contribution in [-0.4, -0.2) is 26.6 Å². The van der Waals surface area contributed by atoms with Crippen LogP contribution < -0.4 is 10.6 Å². The average Bonchev–Trinajstić information content (AvgIpc) is 3.37. The number of carbonyl (C=O) groups is 2. The zero-order chi connectivity index (χ0) is 22.8. The molecule has 0 aliphatic carbocycles. The molecule has 2 amide bonds. The third-order valence-electron chi connectivity index (χ3n) is 4.70. The summed E-state index contributed by atoms with van der Waals surface area (Å²) < 4.78 is 34.1. The third kappa shape index (κ3) is 4.34. The summed E-state index contributed by atoms with van der Waals surface area (Å²) in [6.07, 6.45) is -1.32. The van der Waals surface area contributed by atoms with Gasteiger partial charge in [0.1, 0.15) is 12.2 Å². The Kier molecular flexibility index (Phi) is 5.67. The van der Waals surface area contributed by atoms with E-state index in [0.29, 0.717) is 22.8 Å². The molecule has 3 aromatic heterocycles. The maximum Gasteiger partial charge on any atom is 0.264 e. The number of hydrogen-bond acceptors (Lipinski definition) is 5. The molecule has 0 saturated carbocycles. The van der Waals surface area contributed by atoms with Crippen molar-refractivity contribution in [3.63, 3.8) is 0 Å². The smallest absolute Gasteiger partial charge is 0.264 e. The van der Waals surface area contributed by atoms with Crippen molar-refractivity contribution in [2.45, 2.75) is 26.8 Å². The van der Waals surface area contributed by atoms with E-state index in [1.165, 1.54) is 23.9 Å². The number of nitrogens with one attached hydrogen (secondary N) is 2. The average molecular weight is 439 g/mol. The first-order valence-electron chi connectivity index (χ1n) is 9.69. The molecule has 164 valence electrons. The number of rotatable bonds is 6. The lowest BCUT2D eigenvalue weighted by Crippen LogP contribution is -2.20. The van der Waals surface area contributed by atoms with Gasteiger partial charge in [0.05, 0.1) is 17.3 Å². The Bertz CT molecular complexity index is 1280. The van der Waals surface area contributed by atoms with Gasteiger partial charge in [-0.05, 0) is 49.4 Å². The normalized spacial score (nSPS) is 11.2. The van der Waals surface area contributed by atoms with Crippen LogP contribution in [0.2, 0.25) is 0 Å². The second kappa shape index (κ2) is 8.58. The van der Waals surface area contributed by atoms with Gasteiger partial charge in [-0.15, -0.1) is 0 Å². The number of benzene rings is 1. The highest BCUT2D eigenvalue weighted by Crippen LogP contribution is 2.33. The van der Waals surface area contributed by atoms with E-state index in [2.05, 4.69) is 20.7 Å². The predicted octanol–water partition coefficient (Wildman–Crippen LogP) is 4.53. The number of fused-ring (bicyclic) bond motifs is 1. The van der Waals surface area contributed by atoms with Gasteiger partial charge in [0.25, 0.3) is 6.43 Å². The molecular weight excluding hydrogens is 420 g/mol. The molecule has 0 aliphatic heterocycles. The summed E-state index contributed by atoms with van der Waals surface area (Å²) in [5, 5.41) is 9.83. The van der Waals surface area contributed by atoms with Crippen LogP contribution in [-0.2, 0) is 16.1 Å². The van der Waals surface area contributed by atoms with Gasteiger partial charge in [0, 0.05) is 23.9 Å². The highest BCUT2D eigenvalue weighted by atomic mass is 19.3. The Balaban J connectivity index is 1.62. The van der Waals surface area contributed by atoms with Gasteiger partial charge in [-0.25, -0.2) is 18.4 Å². The van der Waals surface area contributed by atoms with Crippen molar-refractivity contribution < 1.29 is 22.8 Å². The van der Waals surface area contributed by atoms with E-state index < -0.39 is 12.3 Å². The van der Waals surface area contributed by atoms with Crippen molar-refractivity contribution in [2.75, 3.05) is 10.6 Å². The minimum Gasteiger partial charge on any atom is -0.463 e. The Morgan fingerprint density at radius 1 is 1.12 bits per heavy atom. The van der Waals surface area contributed by atoms with E-state index >= 15 is 0 Å². The van der Waals surface area contributed by atoms with Crippen LogP contribution in [0.1, 0.15) is 24.6 Å². The van der Waals surface area contributed by atoms with Crippen LogP contribution in [0.25, 0.3) is 22.5 Å². The third-order valence-corrected chi connectivity index (χ3v) is 4.70. The lowest BCUT2D eigenvalue weighted by molar-refractivity contribution is -0.117. The van der Waals surface area contributed by atoms with Crippen molar-refractivity contribution in [3.8, 4) is 11.5 Å². The fourth-order valence-corrected chi connectivity index (χ4v) is 3.40. The minimum absolute atomic E-state index is 0.169. The number of carbonyl (C=O) groups excluding carboxylic acids is 2. The molecule has 0 aliphatic rings. The number of hydrogen-bond donors (Lipinski definition) is 2. The van der Waals surface area contributed by atoms with Gasteiger partial charge >= 0.3 is 0 Å². The fraction of sp³-hybridized carbons (Fsp3) is 0.182. The Morgan fingerprint density at radius 3 is 2.41 bits per heavy atom. The van der Waals surface area contributed by atoms with Crippen LogP contribution in [0.5, 0.6) is 0 Å². The van der Waals surface area contributed by atoms with Crippen molar-refractivity contribution in [1.29, 1.82) is 0 Å². The molecule has 1 aromatic carbocycles. The highest BCUT2D eigenvalue weighted by Gasteiger charge is 2.22. The second-order valence-electron chi connectivity index (χ2n) is 7.12. The van der Waals surface area contributed by atoms with Gasteiger partial charge in [0.2, 0.25) is 11.8 Å². The van der Waals surface area contributed by atoms with Gasteiger partial charge in [-0.2, -0.15) is 5.10 Å². The van der Waals surface area contributed by atoms with Gasteiger partial charge < -0.3 is 15.1 Å². The summed E-state index contributed by atoms with van der Waals surface area (Å²) >= 11 is 0. The highest BCUT2D eigenvalue weighted by molar-refractivity contribution is 5.93. The summed E-state index contributed by atoms with van der Waals surface area (Å²) in [6.45, 7) is 2.77. The van der Waals surface area contributed by atoms with Crippen molar-refractivity contribution in [3.05, 3.63) is 60.0 Å². The number of pyridine rings is 1. The van der Waals surface area contributed by atoms with Crippen LogP contribution in [0.3, 0.4) is 0 Å². The van der Waals surface area contributed by atoms with Gasteiger partial charge in [-0.3, -0.25) is 9.59 Å². The fourth-order valence-electron chi connectivity index (χ4n) is 3.40. The van der Waals surface area contributed by atoms with E-state index in [1.807, 2.05) is 0 Å². The minimum atomic E-state index is -2.75. The summed E-state index contributed by atoms with van der Waals surface area (Å²) in [4.78, 5) is 28.1. The van der Waals surface area contributed by atoms with Crippen molar-refractivity contribution >= 4 is 34.2 Å². The molecule has 0 bridgehead atoms. The molecule has 3 heterocycles. The second-order valence-corrected chi connectivity index (χ2v) is 7.12. The molecule has 0 radical (unpaired) electrons. The topological polar surface area (TPSA) is 102 Å². The van der Waals surface area contributed by atoms with Crippen LogP contribution in [0.4, 0.5) is 20.2 Å². The first-order chi connectivity index (χ1) is 15.3. The number of aryl methyl sites for hydroxylation is 1. The van der Waals surface area contributed by atoms with Crippen LogP contribution >= 0.6 is 0 Å². The molecule has 8 nitrogen and oxygen atoms in total. The zero-order valence-corrected chi connectivity index (χ0v) is 17.2. The maximum absolute atomic E-state index is 13.8. The van der Waals surface area contributed by atoms with E-state index in [-0.39, 0.29) is 34.7 Å². The molecule has 0 atom stereocenters.